The van der Waals surface area contributed by atoms with Crippen molar-refractivity contribution in [3.05, 3.63) is 18.0 Å². The van der Waals surface area contributed by atoms with Crippen LogP contribution in [-0.4, -0.2) is 36.6 Å². The fourth-order valence-electron chi connectivity index (χ4n) is 1.99. The highest BCUT2D eigenvalue weighted by molar-refractivity contribution is 5.05. The maximum Gasteiger partial charge on any atom is 0.0587 e. The van der Waals surface area contributed by atoms with E-state index in [2.05, 4.69) is 37.4 Å². The van der Waals surface area contributed by atoms with Crippen LogP contribution in [0.15, 0.2) is 12.4 Å². The van der Waals surface area contributed by atoms with E-state index in [-0.39, 0.29) is 0 Å². The van der Waals surface area contributed by atoms with E-state index in [1.54, 1.807) is 7.11 Å². The number of aryl methyl sites for hydroxylation is 1. The highest BCUT2D eigenvalue weighted by Crippen LogP contribution is 2.16. The molecule has 18 heavy (non-hydrogen) atoms. The normalized spacial score (nSPS) is 13.2. The van der Waals surface area contributed by atoms with Crippen LogP contribution >= 0.6 is 0 Å². The molecule has 4 nitrogen and oxygen atoms in total. The standard InChI is InChI=1S/C14H27N3O/c1-5-17-11-13(9-16-17)8-14(12(2)3)10-15-6-7-18-4/h9,11-12,14-15H,5-8,10H2,1-4H3. The minimum Gasteiger partial charge on any atom is -0.383 e. The van der Waals surface area contributed by atoms with Gasteiger partial charge >= 0.3 is 0 Å². The summed E-state index contributed by atoms with van der Waals surface area (Å²) in [6, 6.07) is 0. The molecule has 1 rings (SSSR count). The zero-order chi connectivity index (χ0) is 13.4. The van der Waals surface area contributed by atoms with E-state index in [0.29, 0.717) is 11.8 Å². The Morgan fingerprint density at radius 2 is 2.22 bits per heavy atom. The van der Waals surface area contributed by atoms with Crippen LogP contribution in [-0.2, 0) is 17.7 Å². The second kappa shape index (κ2) is 8.27. The molecule has 0 bridgehead atoms. The van der Waals surface area contributed by atoms with Crippen LogP contribution in [0.25, 0.3) is 0 Å². The topological polar surface area (TPSA) is 39.1 Å². The minimum absolute atomic E-state index is 0.649. The molecule has 0 amide bonds. The van der Waals surface area contributed by atoms with Gasteiger partial charge in [-0.2, -0.15) is 5.10 Å². The number of hydrogen-bond acceptors (Lipinski definition) is 3. The van der Waals surface area contributed by atoms with E-state index in [9.17, 15) is 0 Å². The van der Waals surface area contributed by atoms with Gasteiger partial charge < -0.3 is 10.1 Å². The van der Waals surface area contributed by atoms with Gasteiger partial charge in [0.05, 0.1) is 12.8 Å². The third-order valence-electron chi connectivity index (χ3n) is 3.34. The van der Waals surface area contributed by atoms with E-state index in [1.165, 1.54) is 5.56 Å². The van der Waals surface area contributed by atoms with Crippen molar-refractivity contribution < 1.29 is 4.74 Å². The lowest BCUT2D eigenvalue weighted by molar-refractivity contribution is 0.196. The van der Waals surface area contributed by atoms with Crippen LogP contribution in [0.2, 0.25) is 0 Å². The molecule has 0 aliphatic heterocycles. The minimum atomic E-state index is 0.649. The maximum absolute atomic E-state index is 5.04. The number of rotatable bonds is 9. The van der Waals surface area contributed by atoms with Crippen LogP contribution in [0, 0.1) is 11.8 Å². The summed E-state index contributed by atoms with van der Waals surface area (Å²) in [5, 5.41) is 7.79. The molecule has 0 saturated heterocycles. The van der Waals surface area contributed by atoms with Gasteiger partial charge in [-0.3, -0.25) is 4.68 Å². The lowest BCUT2D eigenvalue weighted by Crippen LogP contribution is -2.30. The fraction of sp³-hybridized carbons (Fsp3) is 0.786. The van der Waals surface area contributed by atoms with E-state index in [0.717, 1.165) is 32.7 Å². The van der Waals surface area contributed by atoms with Gasteiger partial charge in [-0.15, -0.1) is 0 Å². The molecule has 1 atom stereocenters. The van der Waals surface area contributed by atoms with Crippen LogP contribution in [0.4, 0.5) is 0 Å². The summed E-state index contributed by atoms with van der Waals surface area (Å²) in [6.07, 6.45) is 5.25. The Hall–Kier alpha value is -0.870. The van der Waals surface area contributed by atoms with Crippen molar-refractivity contribution in [2.24, 2.45) is 11.8 Å². The van der Waals surface area contributed by atoms with Crippen molar-refractivity contribution in [1.29, 1.82) is 0 Å². The largest absolute Gasteiger partial charge is 0.383 e. The Labute approximate surface area is 111 Å². The molecular formula is C14H27N3O. The van der Waals surface area contributed by atoms with Crippen LogP contribution in [0.5, 0.6) is 0 Å². The van der Waals surface area contributed by atoms with Gasteiger partial charge in [-0.25, -0.2) is 0 Å². The van der Waals surface area contributed by atoms with Gasteiger partial charge in [0.2, 0.25) is 0 Å². The molecule has 0 saturated carbocycles. The monoisotopic (exact) mass is 253 g/mol. The zero-order valence-electron chi connectivity index (χ0n) is 12.1. The Morgan fingerprint density at radius 1 is 1.44 bits per heavy atom. The highest BCUT2D eigenvalue weighted by Gasteiger charge is 2.14. The van der Waals surface area contributed by atoms with Crippen molar-refractivity contribution in [2.45, 2.75) is 33.7 Å². The number of hydrogen-bond donors (Lipinski definition) is 1. The summed E-state index contributed by atoms with van der Waals surface area (Å²) in [5.74, 6) is 1.32. The second-order valence-electron chi connectivity index (χ2n) is 5.11. The van der Waals surface area contributed by atoms with Gasteiger partial charge in [0, 0.05) is 26.4 Å². The second-order valence-corrected chi connectivity index (χ2v) is 5.11. The van der Waals surface area contributed by atoms with Crippen LogP contribution < -0.4 is 5.32 Å². The van der Waals surface area contributed by atoms with Crippen LogP contribution in [0.1, 0.15) is 26.3 Å². The first-order valence-corrected chi connectivity index (χ1v) is 6.88. The molecule has 4 heteroatoms. The molecule has 1 aromatic rings. The fourth-order valence-corrected chi connectivity index (χ4v) is 1.99. The van der Waals surface area contributed by atoms with E-state index in [4.69, 9.17) is 4.74 Å². The molecule has 1 aromatic heterocycles. The van der Waals surface area contributed by atoms with Crippen molar-refractivity contribution in [3.8, 4) is 0 Å². The summed E-state index contributed by atoms with van der Waals surface area (Å²) in [5.41, 5.74) is 1.34. The van der Waals surface area contributed by atoms with E-state index in [1.807, 2.05) is 10.9 Å². The molecule has 0 radical (unpaired) electrons. The number of ether oxygens (including phenoxy) is 1. The summed E-state index contributed by atoms with van der Waals surface area (Å²) < 4.78 is 7.04. The average Bonchev–Trinajstić information content (AvgIpc) is 2.80. The smallest absolute Gasteiger partial charge is 0.0587 e. The van der Waals surface area contributed by atoms with Crippen molar-refractivity contribution in [1.82, 2.24) is 15.1 Å². The van der Waals surface area contributed by atoms with E-state index >= 15 is 0 Å². The SMILES string of the molecule is CCn1cc(CC(CNCCOC)C(C)C)cn1. The molecule has 0 spiro atoms. The lowest BCUT2D eigenvalue weighted by atomic mass is 9.90. The van der Waals surface area contributed by atoms with Crippen LogP contribution in [0.3, 0.4) is 0 Å². The number of nitrogens with zero attached hydrogens (tertiary/aromatic N) is 2. The van der Waals surface area contributed by atoms with Gasteiger partial charge in [0.1, 0.15) is 0 Å². The first-order valence-electron chi connectivity index (χ1n) is 6.88. The zero-order valence-corrected chi connectivity index (χ0v) is 12.1. The predicted molar refractivity (Wildman–Crippen MR) is 74.7 cm³/mol. The third kappa shape index (κ3) is 5.19. The molecule has 1 heterocycles. The summed E-state index contributed by atoms with van der Waals surface area (Å²) in [7, 11) is 1.74. The Kier molecular flexibility index (Phi) is 6.98. The molecule has 1 N–H and O–H groups in total. The molecule has 1 unspecified atom stereocenters. The maximum atomic E-state index is 5.04. The predicted octanol–water partition coefficient (Wildman–Crippen LogP) is 1.95. The van der Waals surface area contributed by atoms with E-state index < -0.39 is 0 Å². The molecule has 0 aliphatic rings. The Morgan fingerprint density at radius 3 is 2.78 bits per heavy atom. The average molecular weight is 253 g/mol. The van der Waals surface area contributed by atoms with Crippen molar-refractivity contribution in [2.75, 3.05) is 26.8 Å². The summed E-state index contributed by atoms with van der Waals surface area (Å²) in [6.45, 7) is 10.4. The highest BCUT2D eigenvalue weighted by atomic mass is 16.5. The van der Waals surface area contributed by atoms with Gasteiger partial charge in [-0.1, -0.05) is 13.8 Å². The summed E-state index contributed by atoms with van der Waals surface area (Å²) in [4.78, 5) is 0. The molecule has 0 aromatic carbocycles. The van der Waals surface area contributed by atoms with Gasteiger partial charge in [0.25, 0.3) is 0 Å². The van der Waals surface area contributed by atoms with Gasteiger partial charge in [0.15, 0.2) is 0 Å². The summed E-state index contributed by atoms with van der Waals surface area (Å²) >= 11 is 0. The lowest BCUT2D eigenvalue weighted by Gasteiger charge is -2.20. The number of aromatic nitrogens is 2. The molecule has 0 fully saturated rings. The molecular weight excluding hydrogens is 226 g/mol. The molecule has 104 valence electrons. The first-order chi connectivity index (χ1) is 8.67. The molecule has 0 aliphatic carbocycles. The third-order valence-corrected chi connectivity index (χ3v) is 3.34. The number of methoxy groups -OCH3 is 1. The van der Waals surface area contributed by atoms with Gasteiger partial charge in [-0.05, 0) is 37.3 Å². The number of nitrogens with one attached hydrogen (secondary N) is 1. The van der Waals surface area contributed by atoms with Crippen molar-refractivity contribution in [3.63, 3.8) is 0 Å². The van der Waals surface area contributed by atoms with Crippen molar-refractivity contribution >= 4 is 0 Å². The quantitative estimate of drug-likeness (QED) is 0.684. The Bertz CT molecular complexity index is 323. The first kappa shape index (κ1) is 15.2. The Balaban J connectivity index is 2.41.